The molecular formula is C11H16ClN3O2S+2. The van der Waals surface area contributed by atoms with Crippen LogP contribution in [0.25, 0.3) is 0 Å². The van der Waals surface area contributed by atoms with Gasteiger partial charge in [0.05, 0.1) is 4.90 Å². The maximum atomic E-state index is 12.5. The third-order valence-corrected chi connectivity index (χ3v) is 5.64. The monoisotopic (exact) mass is 289 g/mol. The van der Waals surface area contributed by atoms with Crippen LogP contribution < -0.4 is 9.80 Å². The van der Waals surface area contributed by atoms with Crippen LogP contribution in [-0.4, -0.2) is 45.8 Å². The van der Waals surface area contributed by atoms with Gasteiger partial charge in [0.15, 0.2) is 13.3 Å². The first-order valence-corrected chi connectivity index (χ1v) is 7.80. The summed E-state index contributed by atoms with van der Waals surface area (Å²) in [5.74, 6) is 0. The highest BCUT2D eigenvalue weighted by atomic mass is 35.5. The predicted octanol–water partition coefficient (Wildman–Crippen LogP) is -2.00. The first kappa shape index (κ1) is 12.4. The molecule has 1 aromatic carbocycles. The van der Waals surface area contributed by atoms with Gasteiger partial charge < -0.3 is 0 Å². The molecule has 98 valence electrons. The van der Waals surface area contributed by atoms with Gasteiger partial charge >= 0.3 is 0 Å². The van der Waals surface area contributed by atoms with Crippen molar-refractivity contribution in [1.82, 2.24) is 4.31 Å². The molecule has 0 aromatic heterocycles. The molecule has 0 amide bonds. The Morgan fingerprint density at radius 2 is 1.61 bits per heavy atom. The van der Waals surface area contributed by atoms with Crippen molar-refractivity contribution in [3.8, 4) is 0 Å². The highest BCUT2D eigenvalue weighted by Crippen LogP contribution is 2.17. The Morgan fingerprint density at radius 1 is 1.06 bits per heavy atom. The zero-order valence-electron chi connectivity index (χ0n) is 9.89. The normalized spacial score (nSPS) is 28.5. The number of nitrogens with one attached hydrogen (secondary N) is 2. The lowest BCUT2D eigenvalue weighted by atomic mass is 10.4. The fraction of sp³-hybridized carbons (Fsp3) is 0.455. The fourth-order valence-corrected chi connectivity index (χ4v) is 4.24. The minimum atomic E-state index is -3.37. The molecule has 2 unspecified atom stereocenters. The molecule has 2 N–H and O–H groups in total. The van der Waals surface area contributed by atoms with Crippen molar-refractivity contribution in [3.63, 3.8) is 0 Å². The predicted molar refractivity (Wildman–Crippen MR) is 66.7 cm³/mol. The highest BCUT2D eigenvalue weighted by Gasteiger charge is 2.41. The molecular weight excluding hydrogens is 274 g/mol. The van der Waals surface area contributed by atoms with Crippen molar-refractivity contribution in [1.29, 1.82) is 0 Å². The van der Waals surface area contributed by atoms with E-state index in [1.165, 1.54) is 9.80 Å². The van der Waals surface area contributed by atoms with Crippen LogP contribution in [0, 0.1) is 0 Å². The van der Waals surface area contributed by atoms with Crippen LogP contribution in [0.4, 0.5) is 0 Å². The Balaban J connectivity index is 1.88. The lowest BCUT2D eigenvalue weighted by Gasteiger charge is -2.28. The number of sulfonamides is 1. The summed E-state index contributed by atoms with van der Waals surface area (Å²) in [5.41, 5.74) is 0. The third-order valence-electron chi connectivity index (χ3n) is 3.58. The van der Waals surface area contributed by atoms with Crippen molar-refractivity contribution in [2.45, 2.75) is 4.90 Å². The van der Waals surface area contributed by atoms with Gasteiger partial charge in [0.2, 0.25) is 6.67 Å². The summed E-state index contributed by atoms with van der Waals surface area (Å²) in [6, 6.07) is 6.38. The molecule has 0 saturated carbocycles. The summed E-state index contributed by atoms with van der Waals surface area (Å²) in [4.78, 5) is 3.01. The molecule has 2 heterocycles. The molecule has 2 bridgehead atoms. The molecule has 0 spiro atoms. The van der Waals surface area contributed by atoms with Crippen molar-refractivity contribution in [2.24, 2.45) is 0 Å². The maximum absolute atomic E-state index is 12.5. The van der Waals surface area contributed by atoms with E-state index < -0.39 is 10.0 Å². The lowest BCUT2D eigenvalue weighted by Crippen LogP contribution is -3.28. The molecule has 2 aliphatic heterocycles. The molecule has 2 fully saturated rings. The van der Waals surface area contributed by atoms with Crippen LogP contribution in [0.1, 0.15) is 0 Å². The Morgan fingerprint density at radius 3 is 2.17 bits per heavy atom. The van der Waals surface area contributed by atoms with Gasteiger partial charge in [-0.15, -0.1) is 0 Å². The van der Waals surface area contributed by atoms with E-state index in [1.807, 2.05) is 0 Å². The van der Waals surface area contributed by atoms with Crippen molar-refractivity contribution >= 4 is 21.6 Å². The van der Waals surface area contributed by atoms with Gasteiger partial charge in [-0.2, -0.15) is 0 Å². The Labute approximate surface area is 112 Å². The average Bonchev–Trinajstić information content (AvgIpc) is 2.68. The molecule has 2 saturated heterocycles. The topological polar surface area (TPSA) is 46.3 Å². The SMILES string of the molecule is O=S(=O)(c1ccc(Cl)cc1)N1C[NH+]2CC[NH+](C1)C2. The van der Waals surface area contributed by atoms with E-state index in [0.717, 1.165) is 19.8 Å². The van der Waals surface area contributed by atoms with E-state index in [4.69, 9.17) is 11.6 Å². The van der Waals surface area contributed by atoms with Crippen LogP contribution >= 0.6 is 11.6 Å². The van der Waals surface area contributed by atoms with Gasteiger partial charge in [-0.05, 0) is 24.3 Å². The average molecular weight is 290 g/mol. The first-order chi connectivity index (χ1) is 8.55. The van der Waals surface area contributed by atoms with Gasteiger partial charge in [-0.3, -0.25) is 9.80 Å². The summed E-state index contributed by atoms with van der Waals surface area (Å²) in [7, 11) is -3.37. The number of hydrogen-bond acceptors (Lipinski definition) is 2. The Bertz CT molecular complexity index is 534. The summed E-state index contributed by atoms with van der Waals surface area (Å²) in [6.45, 7) is 4.31. The summed E-state index contributed by atoms with van der Waals surface area (Å²) in [5, 5.41) is 0.552. The number of nitrogens with zero attached hydrogens (tertiary/aromatic N) is 1. The zero-order chi connectivity index (χ0) is 12.8. The van der Waals surface area contributed by atoms with Gasteiger partial charge in [-0.1, -0.05) is 15.9 Å². The number of halogens is 1. The molecule has 5 nitrogen and oxygen atoms in total. The van der Waals surface area contributed by atoms with Gasteiger partial charge in [0.25, 0.3) is 10.0 Å². The fourth-order valence-electron chi connectivity index (χ4n) is 2.63. The number of quaternary nitrogens is 2. The largest absolute Gasteiger partial charge is 0.270 e. The molecule has 7 heteroatoms. The smallest absolute Gasteiger partial charge is 0.252 e. The maximum Gasteiger partial charge on any atom is 0.252 e. The van der Waals surface area contributed by atoms with Gasteiger partial charge in [-0.25, -0.2) is 8.42 Å². The quantitative estimate of drug-likeness (QED) is 0.662. The van der Waals surface area contributed by atoms with Crippen LogP contribution in [0.15, 0.2) is 29.2 Å². The zero-order valence-corrected chi connectivity index (χ0v) is 11.5. The Kier molecular flexibility index (Phi) is 3.07. The van der Waals surface area contributed by atoms with E-state index >= 15 is 0 Å². The van der Waals surface area contributed by atoms with E-state index in [9.17, 15) is 8.42 Å². The van der Waals surface area contributed by atoms with Crippen LogP contribution in [0.5, 0.6) is 0 Å². The Hall–Kier alpha value is -0.660. The second-order valence-electron chi connectivity index (χ2n) is 4.90. The number of hydrogen-bond donors (Lipinski definition) is 2. The second-order valence-corrected chi connectivity index (χ2v) is 7.28. The van der Waals surface area contributed by atoms with Crippen LogP contribution in [0.3, 0.4) is 0 Å². The summed E-state index contributed by atoms with van der Waals surface area (Å²) < 4.78 is 26.5. The molecule has 2 atom stereocenters. The molecule has 18 heavy (non-hydrogen) atoms. The molecule has 0 radical (unpaired) electrons. The van der Waals surface area contributed by atoms with E-state index in [-0.39, 0.29) is 0 Å². The minimum Gasteiger partial charge on any atom is -0.270 e. The minimum absolute atomic E-state index is 0.328. The van der Waals surface area contributed by atoms with E-state index in [0.29, 0.717) is 23.3 Å². The van der Waals surface area contributed by atoms with Crippen molar-refractivity contribution in [3.05, 3.63) is 29.3 Å². The third kappa shape index (κ3) is 2.15. The molecule has 0 aliphatic carbocycles. The van der Waals surface area contributed by atoms with E-state index in [1.54, 1.807) is 28.6 Å². The van der Waals surface area contributed by atoms with Gasteiger partial charge in [0.1, 0.15) is 13.1 Å². The van der Waals surface area contributed by atoms with Gasteiger partial charge in [0, 0.05) is 5.02 Å². The first-order valence-electron chi connectivity index (χ1n) is 5.98. The van der Waals surface area contributed by atoms with Crippen molar-refractivity contribution < 1.29 is 18.2 Å². The highest BCUT2D eigenvalue weighted by molar-refractivity contribution is 7.89. The molecule has 3 rings (SSSR count). The summed E-state index contributed by atoms with van der Waals surface area (Å²) >= 11 is 5.79. The van der Waals surface area contributed by atoms with Crippen molar-refractivity contribution in [2.75, 3.05) is 33.1 Å². The van der Waals surface area contributed by atoms with Crippen LogP contribution in [-0.2, 0) is 10.0 Å². The standard InChI is InChI=1S/C11H14ClN3O2S/c12-10-1-3-11(4-2-10)18(16,17)15-8-13-5-6-14(7-13)9-15/h1-4H,5-9H2/p+2. The number of benzene rings is 1. The number of rotatable bonds is 2. The van der Waals surface area contributed by atoms with E-state index in [2.05, 4.69) is 0 Å². The molecule has 2 aliphatic rings. The lowest BCUT2D eigenvalue weighted by molar-refractivity contribution is -1.06. The number of fused-ring (bicyclic) bond motifs is 2. The second kappa shape index (κ2) is 4.47. The molecule has 1 aromatic rings. The van der Waals surface area contributed by atoms with Crippen LogP contribution in [0.2, 0.25) is 5.02 Å². The summed E-state index contributed by atoms with van der Waals surface area (Å²) in [6.07, 6.45) is 0.